The number of nitrogens with zero attached hydrogens (tertiary/aromatic N) is 1. The monoisotopic (exact) mass is 490 g/mol. The summed E-state index contributed by atoms with van der Waals surface area (Å²) < 4.78 is 80.0. The second-order valence-electron chi connectivity index (χ2n) is 7.95. The van der Waals surface area contributed by atoms with Crippen LogP contribution in [0, 0.1) is 11.6 Å². The fourth-order valence-corrected chi connectivity index (χ4v) is 3.77. The van der Waals surface area contributed by atoms with Crippen molar-refractivity contribution in [2.45, 2.75) is 50.2 Å². The van der Waals surface area contributed by atoms with Gasteiger partial charge in [-0.05, 0) is 38.5 Å². The number of benzene rings is 1. The van der Waals surface area contributed by atoms with Crippen molar-refractivity contribution in [3.8, 4) is 5.75 Å². The highest BCUT2D eigenvalue weighted by atomic mass is 19.4. The van der Waals surface area contributed by atoms with Crippen molar-refractivity contribution in [3.05, 3.63) is 53.4 Å². The van der Waals surface area contributed by atoms with E-state index in [1.54, 1.807) is 0 Å². The van der Waals surface area contributed by atoms with Crippen LogP contribution in [-0.4, -0.2) is 52.2 Å². The van der Waals surface area contributed by atoms with E-state index in [0.717, 1.165) is 19.1 Å². The molecule has 3 N–H and O–H groups in total. The number of nitrogens with one attached hydrogen (secondary N) is 1. The summed E-state index contributed by atoms with van der Waals surface area (Å²) in [4.78, 5) is 16.9. The predicted molar refractivity (Wildman–Crippen MR) is 109 cm³/mol. The van der Waals surface area contributed by atoms with Gasteiger partial charge in [-0.2, -0.15) is 17.6 Å². The van der Waals surface area contributed by atoms with Crippen LogP contribution >= 0.6 is 0 Å². The first-order valence-corrected chi connectivity index (χ1v) is 10.3. The van der Waals surface area contributed by atoms with E-state index in [2.05, 4.69) is 10.3 Å². The lowest BCUT2D eigenvalue weighted by atomic mass is 9.85. The van der Waals surface area contributed by atoms with Gasteiger partial charge in [-0.15, -0.1) is 0 Å². The summed E-state index contributed by atoms with van der Waals surface area (Å²) in [7, 11) is 0. The van der Waals surface area contributed by atoms with Crippen molar-refractivity contribution in [2.75, 3.05) is 18.5 Å². The molecule has 1 aromatic heterocycles. The van der Waals surface area contributed by atoms with Crippen LogP contribution in [0.3, 0.4) is 0 Å². The fourth-order valence-electron chi connectivity index (χ4n) is 3.77. The van der Waals surface area contributed by atoms with Crippen molar-refractivity contribution < 1.29 is 46.4 Å². The Morgan fingerprint density at radius 2 is 2.06 bits per heavy atom. The number of amides is 1. The Morgan fingerprint density at radius 1 is 1.35 bits per heavy atom. The Bertz CT molecular complexity index is 1050. The number of anilines is 1. The highest BCUT2D eigenvalue weighted by molar-refractivity contribution is 5.95. The quantitative estimate of drug-likeness (QED) is 0.513. The first kappa shape index (κ1) is 25.8. The first-order chi connectivity index (χ1) is 15.9. The zero-order chi connectivity index (χ0) is 25.3. The topological polar surface area (TPSA) is 101 Å². The van der Waals surface area contributed by atoms with Crippen LogP contribution in [0.25, 0.3) is 0 Å². The van der Waals surface area contributed by atoms with Crippen molar-refractivity contribution in [3.63, 3.8) is 0 Å². The van der Waals surface area contributed by atoms with Crippen LogP contribution < -0.4 is 10.1 Å². The summed E-state index contributed by atoms with van der Waals surface area (Å²) in [5.74, 6) is -5.53. The zero-order valence-electron chi connectivity index (χ0n) is 18.2. The molecule has 0 spiro atoms. The van der Waals surface area contributed by atoms with Crippen LogP contribution in [0.5, 0.6) is 5.75 Å². The third kappa shape index (κ3) is 4.98. The molecule has 186 valence electrons. The van der Waals surface area contributed by atoms with E-state index in [-0.39, 0.29) is 23.6 Å². The highest BCUT2D eigenvalue weighted by Gasteiger charge is 2.61. The van der Waals surface area contributed by atoms with Crippen molar-refractivity contribution in [2.24, 2.45) is 0 Å². The molecule has 3 rings (SSSR count). The number of pyridine rings is 1. The molecule has 12 heteroatoms. The Kier molecular flexibility index (Phi) is 7.44. The van der Waals surface area contributed by atoms with Gasteiger partial charge in [0.2, 0.25) is 5.82 Å². The van der Waals surface area contributed by atoms with Gasteiger partial charge < -0.3 is 25.0 Å². The van der Waals surface area contributed by atoms with E-state index in [1.165, 1.54) is 25.3 Å². The van der Waals surface area contributed by atoms with Gasteiger partial charge in [-0.25, -0.2) is 4.39 Å². The molecule has 0 bridgehead atoms. The molecule has 0 aliphatic carbocycles. The molecule has 4 atom stereocenters. The van der Waals surface area contributed by atoms with E-state index in [9.17, 15) is 31.9 Å². The molecule has 0 radical (unpaired) electrons. The molecular weight excluding hydrogens is 467 g/mol. The Hall–Kier alpha value is -2.83. The van der Waals surface area contributed by atoms with Gasteiger partial charge >= 0.3 is 6.18 Å². The average molecular weight is 490 g/mol. The molecule has 1 amide bonds. The maximum atomic E-state index is 14.4. The number of ether oxygens (including phenoxy) is 2. The van der Waals surface area contributed by atoms with Gasteiger partial charge in [0.15, 0.2) is 17.2 Å². The van der Waals surface area contributed by atoms with E-state index in [1.807, 2.05) is 0 Å². The van der Waals surface area contributed by atoms with Crippen LogP contribution in [0.4, 0.5) is 27.6 Å². The largest absolute Gasteiger partial charge is 0.490 e. The molecule has 0 saturated carbocycles. The number of hydrogen-bond donors (Lipinski definition) is 3. The SMILES string of the molecule is CCOc1c([C@H]2C[C@@](C)(C(F)(F)F)O[C@@H]2C(=O)Nc2ccnc([C@@H](O)CO)c2)ccc(F)c1F. The number of alkyl halides is 3. The number of carbonyl (C=O) groups is 1. The Balaban J connectivity index is 2.00. The van der Waals surface area contributed by atoms with Crippen molar-refractivity contribution >= 4 is 11.6 Å². The minimum atomic E-state index is -4.86. The van der Waals surface area contributed by atoms with E-state index >= 15 is 0 Å². The lowest BCUT2D eigenvalue weighted by molar-refractivity contribution is -0.261. The minimum absolute atomic E-state index is 0.0172. The molecule has 2 aromatic rings. The molecule has 7 nitrogen and oxygen atoms in total. The maximum absolute atomic E-state index is 14.4. The van der Waals surface area contributed by atoms with Gasteiger partial charge in [-0.1, -0.05) is 6.07 Å². The van der Waals surface area contributed by atoms with Gasteiger partial charge in [0.05, 0.1) is 18.9 Å². The Morgan fingerprint density at radius 3 is 2.68 bits per heavy atom. The molecule has 1 saturated heterocycles. The van der Waals surface area contributed by atoms with Gasteiger partial charge in [0.1, 0.15) is 12.2 Å². The van der Waals surface area contributed by atoms with Crippen LogP contribution in [0.15, 0.2) is 30.5 Å². The van der Waals surface area contributed by atoms with E-state index in [0.29, 0.717) is 0 Å². The molecule has 34 heavy (non-hydrogen) atoms. The zero-order valence-corrected chi connectivity index (χ0v) is 18.2. The van der Waals surface area contributed by atoms with Gasteiger partial charge in [0, 0.05) is 23.4 Å². The van der Waals surface area contributed by atoms with E-state index < -0.39 is 66.2 Å². The molecular formula is C22H23F5N2O5. The number of aliphatic hydroxyl groups is 2. The number of rotatable bonds is 7. The third-order valence-corrected chi connectivity index (χ3v) is 5.55. The lowest BCUT2D eigenvalue weighted by Crippen LogP contribution is -2.43. The Labute approximate surface area is 191 Å². The molecule has 2 heterocycles. The third-order valence-electron chi connectivity index (χ3n) is 5.55. The second-order valence-corrected chi connectivity index (χ2v) is 7.95. The minimum Gasteiger partial charge on any atom is -0.490 e. The number of aromatic nitrogens is 1. The van der Waals surface area contributed by atoms with Crippen molar-refractivity contribution in [1.82, 2.24) is 4.98 Å². The summed E-state index contributed by atoms with van der Waals surface area (Å²) in [6.45, 7) is 1.53. The molecule has 1 aromatic carbocycles. The molecule has 1 aliphatic heterocycles. The van der Waals surface area contributed by atoms with Crippen LogP contribution in [0.2, 0.25) is 0 Å². The standard InChI is InChI=1S/C22H23F5N2O5/c1-3-33-18-12(4-5-14(23)17(18)24)13-9-21(2,22(25,26)27)34-19(13)20(32)29-11-6-7-28-15(8-11)16(31)10-30/h4-8,13,16,19,30-31H,3,9-10H2,1-2H3,(H,28,29,32)/t13-,16+,19+,21+/m1/s1. The molecule has 0 unspecified atom stereocenters. The van der Waals surface area contributed by atoms with Crippen LogP contribution in [0.1, 0.15) is 43.5 Å². The van der Waals surface area contributed by atoms with Crippen molar-refractivity contribution in [1.29, 1.82) is 0 Å². The first-order valence-electron chi connectivity index (χ1n) is 10.3. The highest BCUT2D eigenvalue weighted by Crippen LogP contribution is 2.51. The molecule has 1 aliphatic rings. The van der Waals surface area contributed by atoms with Crippen LogP contribution in [-0.2, 0) is 9.53 Å². The number of carbonyl (C=O) groups excluding carboxylic acids is 1. The lowest BCUT2D eigenvalue weighted by Gasteiger charge is -2.27. The smallest absolute Gasteiger partial charge is 0.417 e. The summed E-state index contributed by atoms with van der Waals surface area (Å²) >= 11 is 0. The summed E-state index contributed by atoms with van der Waals surface area (Å²) in [5, 5.41) is 21.2. The fraction of sp³-hybridized carbons (Fsp3) is 0.455. The summed E-state index contributed by atoms with van der Waals surface area (Å²) in [6, 6.07) is 4.37. The van der Waals surface area contributed by atoms with Gasteiger partial charge in [-0.3, -0.25) is 9.78 Å². The second kappa shape index (κ2) is 9.80. The predicted octanol–water partition coefficient (Wildman–Crippen LogP) is 3.62. The van der Waals surface area contributed by atoms with Gasteiger partial charge in [0.25, 0.3) is 5.91 Å². The summed E-state index contributed by atoms with van der Waals surface area (Å²) in [6.07, 6.45) is -7.46. The van der Waals surface area contributed by atoms with E-state index in [4.69, 9.17) is 14.6 Å². The molecule has 1 fully saturated rings. The maximum Gasteiger partial charge on any atom is 0.417 e. The number of aliphatic hydroxyl groups excluding tert-OH is 2. The number of halogens is 5. The normalized spacial score (nSPS) is 23.6. The summed E-state index contributed by atoms with van der Waals surface area (Å²) in [5.41, 5.74) is -2.80. The number of hydrogen-bond acceptors (Lipinski definition) is 6. The average Bonchev–Trinajstić information content (AvgIpc) is 3.16.